The minimum atomic E-state index is -0.827. The third-order valence-electron chi connectivity index (χ3n) is 4.53. The Bertz CT molecular complexity index is 592. The zero-order chi connectivity index (χ0) is 23.0. The summed E-state index contributed by atoms with van der Waals surface area (Å²) in [6.45, 7) is 3.35. The van der Waals surface area contributed by atoms with Gasteiger partial charge >= 0.3 is 5.97 Å². The zero-order valence-corrected chi connectivity index (χ0v) is 19.4. The van der Waals surface area contributed by atoms with Crippen molar-refractivity contribution in [2.24, 2.45) is 5.92 Å². The van der Waals surface area contributed by atoms with E-state index >= 15 is 0 Å². The highest BCUT2D eigenvalue weighted by molar-refractivity contribution is 5.72. The molecular formula is C27H42O4. The van der Waals surface area contributed by atoms with Gasteiger partial charge in [0.2, 0.25) is 0 Å². The lowest BCUT2D eigenvalue weighted by Crippen LogP contribution is -2.29. The van der Waals surface area contributed by atoms with Gasteiger partial charge in [-0.25, -0.2) is 0 Å². The van der Waals surface area contributed by atoms with Gasteiger partial charge in [0.1, 0.15) is 6.10 Å². The van der Waals surface area contributed by atoms with Gasteiger partial charge in [-0.3, -0.25) is 4.79 Å². The lowest BCUT2D eigenvalue weighted by Gasteiger charge is -2.17. The van der Waals surface area contributed by atoms with Gasteiger partial charge in [0, 0.05) is 0 Å². The summed E-state index contributed by atoms with van der Waals surface area (Å²) in [6, 6.07) is 0. The Morgan fingerprint density at radius 2 is 1.06 bits per heavy atom. The molecule has 1 atom stereocenters. The first-order chi connectivity index (χ1) is 15.2. The molecule has 0 aliphatic rings. The summed E-state index contributed by atoms with van der Waals surface area (Å²) in [6.07, 6.45) is 32.0. The molecule has 0 spiro atoms. The second kappa shape index (κ2) is 22.5. The summed E-state index contributed by atoms with van der Waals surface area (Å²) in [5.41, 5.74) is 0. The van der Waals surface area contributed by atoms with Crippen LogP contribution in [0.3, 0.4) is 0 Å². The number of carbonyl (C=O) groups is 1. The molecule has 0 saturated carbocycles. The van der Waals surface area contributed by atoms with E-state index in [0.29, 0.717) is 12.8 Å². The van der Waals surface area contributed by atoms with Gasteiger partial charge in [0.15, 0.2) is 0 Å². The average Bonchev–Trinajstić information content (AvgIpc) is 2.78. The fourth-order valence-corrected chi connectivity index (χ4v) is 2.60. The third-order valence-corrected chi connectivity index (χ3v) is 4.53. The molecule has 4 nitrogen and oxygen atoms in total. The Hall–Kier alpha value is -2.17. The Kier molecular flexibility index (Phi) is 20.9. The van der Waals surface area contributed by atoms with Crippen molar-refractivity contribution in [3.05, 3.63) is 72.9 Å². The topological polar surface area (TPSA) is 66.8 Å². The summed E-state index contributed by atoms with van der Waals surface area (Å²) in [4.78, 5) is 12.0. The Labute approximate surface area is 189 Å². The smallest absolute Gasteiger partial charge is 0.309 e. The van der Waals surface area contributed by atoms with Gasteiger partial charge in [-0.05, 0) is 51.4 Å². The number of allylic oxidation sites excluding steroid dienone is 12. The Balaban J connectivity index is 3.88. The number of rotatable bonds is 18. The van der Waals surface area contributed by atoms with E-state index in [1.54, 1.807) is 0 Å². The van der Waals surface area contributed by atoms with Gasteiger partial charge in [0.25, 0.3) is 0 Å². The van der Waals surface area contributed by atoms with Gasteiger partial charge in [-0.15, -0.1) is 0 Å². The van der Waals surface area contributed by atoms with Crippen LogP contribution in [0.15, 0.2) is 72.9 Å². The van der Waals surface area contributed by atoms with E-state index in [-0.39, 0.29) is 25.1 Å². The first kappa shape index (κ1) is 28.8. The molecule has 1 unspecified atom stereocenters. The summed E-state index contributed by atoms with van der Waals surface area (Å²) in [5.74, 6) is -0.611. The van der Waals surface area contributed by atoms with E-state index in [2.05, 4.69) is 67.7 Å². The second-order valence-corrected chi connectivity index (χ2v) is 7.18. The van der Waals surface area contributed by atoms with Crippen LogP contribution in [0, 0.1) is 5.92 Å². The first-order valence-electron chi connectivity index (χ1n) is 11.5. The molecule has 0 fully saturated rings. The van der Waals surface area contributed by atoms with Gasteiger partial charge in [-0.2, -0.15) is 0 Å². The molecule has 0 heterocycles. The lowest BCUT2D eigenvalue weighted by atomic mass is 10.0. The summed E-state index contributed by atoms with van der Waals surface area (Å²) in [7, 11) is 0. The maximum atomic E-state index is 12.0. The second-order valence-electron chi connectivity index (χ2n) is 7.18. The van der Waals surface area contributed by atoms with Crippen molar-refractivity contribution < 1.29 is 19.7 Å². The fraction of sp³-hybridized carbons (Fsp3) is 0.519. The molecule has 4 heteroatoms. The molecule has 0 aromatic heterocycles. The molecule has 0 aromatic rings. The largest absolute Gasteiger partial charge is 0.457 e. The molecule has 174 valence electrons. The first-order valence-corrected chi connectivity index (χ1v) is 11.5. The normalized spacial score (nSPS) is 14.0. The molecule has 0 aliphatic carbocycles. The number of ether oxygens (including phenoxy) is 1. The van der Waals surface area contributed by atoms with Crippen LogP contribution in [-0.4, -0.2) is 35.5 Å². The predicted octanol–water partition coefficient (Wildman–Crippen LogP) is 6.00. The molecule has 0 radical (unpaired) electrons. The number of esters is 1. The van der Waals surface area contributed by atoms with Gasteiger partial charge in [0.05, 0.1) is 19.1 Å². The monoisotopic (exact) mass is 430 g/mol. The average molecular weight is 431 g/mol. The van der Waals surface area contributed by atoms with Gasteiger partial charge in [-0.1, -0.05) is 86.8 Å². The van der Waals surface area contributed by atoms with Crippen LogP contribution in [0.5, 0.6) is 0 Å². The van der Waals surface area contributed by atoms with Crippen LogP contribution in [0.1, 0.15) is 65.2 Å². The number of aliphatic hydroxyl groups excluding tert-OH is 2. The highest BCUT2D eigenvalue weighted by atomic mass is 16.6. The van der Waals surface area contributed by atoms with Crippen LogP contribution in [0.2, 0.25) is 0 Å². The van der Waals surface area contributed by atoms with E-state index in [1.807, 2.05) is 19.1 Å². The van der Waals surface area contributed by atoms with E-state index in [0.717, 1.165) is 38.5 Å². The maximum Gasteiger partial charge on any atom is 0.309 e. The van der Waals surface area contributed by atoms with Gasteiger partial charge < -0.3 is 14.9 Å². The summed E-state index contributed by atoms with van der Waals surface area (Å²) < 4.78 is 5.08. The predicted molar refractivity (Wildman–Crippen MR) is 131 cm³/mol. The van der Waals surface area contributed by atoms with Crippen molar-refractivity contribution in [3.63, 3.8) is 0 Å². The third kappa shape index (κ3) is 18.3. The molecule has 0 saturated heterocycles. The lowest BCUT2D eigenvalue weighted by molar-refractivity contribution is -0.158. The minimum absolute atomic E-state index is 0.245. The van der Waals surface area contributed by atoms with Crippen molar-refractivity contribution in [1.82, 2.24) is 0 Å². The Morgan fingerprint density at radius 1 is 0.677 bits per heavy atom. The molecule has 31 heavy (non-hydrogen) atoms. The number of hydrogen-bond acceptors (Lipinski definition) is 4. The molecule has 0 bridgehead atoms. The Morgan fingerprint density at radius 3 is 1.42 bits per heavy atom. The highest BCUT2D eigenvalue weighted by Gasteiger charge is 2.20. The van der Waals surface area contributed by atoms with E-state index < -0.39 is 6.10 Å². The fourth-order valence-electron chi connectivity index (χ4n) is 2.60. The number of hydrogen-bond donors (Lipinski definition) is 2. The standard InChI is InChI=1S/C27H42O4/c1-3-5-6-7-8-9-10-11-12-13-14-15-16-17-18-19-20-21-22-25(4-2)27(30)31-26(23-28)24-29/h5-6,8-9,11-12,14-15,17-18,20-21,25-26,28-29H,3-4,7,10,13,16,19,22-24H2,1-2H3/b6-5+,9-8+,12-11+,15-14+,18-17+,21-20+. The molecule has 0 rings (SSSR count). The number of aliphatic hydroxyl groups is 2. The highest BCUT2D eigenvalue weighted by Crippen LogP contribution is 2.13. The molecule has 0 amide bonds. The van der Waals surface area contributed by atoms with Crippen LogP contribution in [-0.2, 0) is 9.53 Å². The molecular weight excluding hydrogens is 388 g/mol. The number of carbonyl (C=O) groups excluding carboxylic acids is 1. The van der Waals surface area contributed by atoms with Crippen LogP contribution in [0.4, 0.5) is 0 Å². The minimum Gasteiger partial charge on any atom is -0.457 e. The van der Waals surface area contributed by atoms with Crippen molar-refractivity contribution >= 4 is 5.97 Å². The molecule has 2 N–H and O–H groups in total. The van der Waals surface area contributed by atoms with E-state index in [1.165, 1.54) is 0 Å². The van der Waals surface area contributed by atoms with Crippen molar-refractivity contribution in [2.45, 2.75) is 71.3 Å². The van der Waals surface area contributed by atoms with Crippen LogP contribution >= 0.6 is 0 Å². The quantitative estimate of drug-likeness (QED) is 0.207. The van der Waals surface area contributed by atoms with Crippen LogP contribution < -0.4 is 0 Å². The van der Waals surface area contributed by atoms with Crippen molar-refractivity contribution in [3.8, 4) is 0 Å². The summed E-state index contributed by atoms with van der Waals surface area (Å²) in [5, 5.41) is 18.0. The van der Waals surface area contributed by atoms with E-state index in [4.69, 9.17) is 14.9 Å². The van der Waals surface area contributed by atoms with E-state index in [9.17, 15) is 4.79 Å². The summed E-state index contributed by atoms with van der Waals surface area (Å²) >= 11 is 0. The van der Waals surface area contributed by atoms with Crippen LogP contribution in [0.25, 0.3) is 0 Å². The SMILES string of the molecule is CC/C=C/C/C=C/C/C=C/C/C=C/C/C=C/C/C=C/CC(CC)C(=O)OC(CO)CO. The zero-order valence-electron chi connectivity index (χ0n) is 19.4. The van der Waals surface area contributed by atoms with Crippen molar-refractivity contribution in [1.29, 1.82) is 0 Å². The van der Waals surface area contributed by atoms with Crippen molar-refractivity contribution in [2.75, 3.05) is 13.2 Å². The molecule has 0 aliphatic heterocycles. The maximum absolute atomic E-state index is 12.0. The molecule has 0 aromatic carbocycles.